The Hall–Kier alpha value is -1.81. The number of carbonyl (C=O) groups is 1. The van der Waals surface area contributed by atoms with Gasteiger partial charge in [-0.15, -0.1) is 0 Å². The van der Waals surface area contributed by atoms with Gasteiger partial charge in [0.25, 0.3) is 0 Å². The van der Waals surface area contributed by atoms with Crippen LogP contribution in [-0.2, 0) is 0 Å². The second-order valence-electron chi connectivity index (χ2n) is 8.12. The lowest BCUT2D eigenvalue weighted by Gasteiger charge is -2.37. The molecule has 1 aromatic rings. The van der Waals surface area contributed by atoms with Crippen molar-refractivity contribution in [3.8, 4) is 0 Å². The molecule has 0 aromatic heterocycles. The number of benzene rings is 1. The van der Waals surface area contributed by atoms with Gasteiger partial charge in [-0.3, -0.25) is 0 Å². The lowest BCUT2D eigenvalue weighted by molar-refractivity contribution is 0.165. The molecule has 0 fully saturated rings. The smallest absolute Gasteiger partial charge is 0.321 e. The number of hydrogen-bond donors (Lipinski definition) is 1. The van der Waals surface area contributed by atoms with Gasteiger partial charge in [-0.25, -0.2) is 4.79 Å². The summed E-state index contributed by atoms with van der Waals surface area (Å²) < 4.78 is 0. The van der Waals surface area contributed by atoms with Gasteiger partial charge in [-0.05, 0) is 70.3 Å². The maximum absolute atomic E-state index is 12.9. The summed E-state index contributed by atoms with van der Waals surface area (Å²) in [6.07, 6.45) is 4.51. The average Bonchev–Trinajstić information content (AvgIpc) is 2.56. The first-order chi connectivity index (χ1) is 12.4. The van der Waals surface area contributed by atoms with Crippen LogP contribution in [-0.4, -0.2) is 49.6 Å². The van der Waals surface area contributed by atoms with Crippen molar-refractivity contribution < 1.29 is 4.79 Å². The zero-order chi connectivity index (χ0) is 19.1. The minimum absolute atomic E-state index is 0.0145. The molecule has 1 N–H and O–H groups in total. The van der Waals surface area contributed by atoms with E-state index in [1.165, 1.54) is 5.57 Å². The second kappa shape index (κ2) is 9.77. The van der Waals surface area contributed by atoms with Crippen molar-refractivity contribution in [3.63, 3.8) is 0 Å². The number of hydrogen-bond acceptors (Lipinski definition) is 2. The van der Waals surface area contributed by atoms with Crippen LogP contribution in [0.25, 0.3) is 0 Å². The second-order valence-corrected chi connectivity index (χ2v) is 8.12. The van der Waals surface area contributed by atoms with E-state index in [1.54, 1.807) is 0 Å². The molecule has 0 saturated carbocycles. The molecular weight excluding hydrogens is 322 g/mol. The van der Waals surface area contributed by atoms with Crippen LogP contribution in [0.3, 0.4) is 0 Å². The predicted octanol–water partition coefficient (Wildman–Crippen LogP) is 4.71. The first-order valence-electron chi connectivity index (χ1n) is 9.79. The molecule has 1 aliphatic rings. The van der Waals surface area contributed by atoms with Crippen molar-refractivity contribution >= 4 is 11.7 Å². The molecule has 4 heteroatoms. The van der Waals surface area contributed by atoms with Gasteiger partial charge in [0.2, 0.25) is 0 Å². The number of urea groups is 1. The summed E-state index contributed by atoms with van der Waals surface area (Å²) in [5, 5.41) is 3.07. The van der Waals surface area contributed by atoms with E-state index in [2.05, 4.69) is 51.2 Å². The van der Waals surface area contributed by atoms with Crippen molar-refractivity contribution in [2.24, 2.45) is 17.8 Å². The molecule has 0 spiro atoms. The standard InChI is InChI=1S/C22H35N3O/c1-17-14-18(2)21(19(3)15-17)16-25(13-9-12-24(4)5)22(26)23-20-10-7-6-8-11-20/h6-8,10-11,14,18-19,21H,9,12-13,15-16H2,1-5H3,(H,23,26)/t18-,19+,21+/m0/s1. The Balaban J connectivity index is 2.06. The van der Waals surface area contributed by atoms with Crippen LogP contribution in [0.1, 0.15) is 33.6 Å². The van der Waals surface area contributed by atoms with Crippen LogP contribution >= 0.6 is 0 Å². The minimum Gasteiger partial charge on any atom is -0.324 e. The molecule has 0 aliphatic heterocycles. The Morgan fingerprint density at radius 2 is 1.85 bits per heavy atom. The summed E-state index contributed by atoms with van der Waals surface area (Å²) in [4.78, 5) is 17.1. The average molecular weight is 358 g/mol. The highest BCUT2D eigenvalue weighted by molar-refractivity contribution is 5.89. The highest BCUT2D eigenvalue weighted by atomic mass is 16.2. The van der Waals surface area contributed by atoms with Crippen molar-refractivity contribution in [2.75, 3.05) is 39.0 Å². The summed E-state index contributed by atoms with van der Waals surface area (Å²) in [6, 6.07) is 9.75. The highest BCUT2D eigenvalue weighted by Crippen LogP contribution is 2.34. The molecule has 2 amide bonds. The summed E-state index contributed by atoms with van der Waals surface area (Å²) in [7, 11) is 4.15. The number of amides is 2. The zero-order valence-electron chi connectivity index (χ0n) is 17.0. The first-order valence-corrected chi connectivity index (χ1v) is 9.79. The Morgan fingerprint density at radius 3 is 2.46 bits per heavy atom. The molecule has 0 unspecified atom stereocenters. The van der Waals surface area contributed by atoms with Crippen LogP contribution in [0.2, 0.25) is 0 Å². The number of carbonyl (C=O) groups excluding carboxylic acids is 1. The van der Waals surface area contributed by atoms with Crippen molar-refractivity contribution in [2.45, 2.75) is 33.6 Å². The zero-order valence-corrected chi connectivity index (χ0v) is 17.0. The third-order valence-electron chi connectivity index (χ3n) is 5.37. The molecular formula is C22H35N3O. The van der Waals surface area contributed by atoms with Gasteiger partial charge in [0.1, 0.15) is 0 Å². The lowest BCUT2D eigenvalue weighted by Crippen LogP contribution is -2.43. The Bertz CT molecular complexity index is 597. The van der Waals surface area contributed by atoms with E-state index in [1.807, 2.05) is 35.2 Å². The van der Waals surface area contributed by atoms with Crippen LogP contribution in [0.4, 0.5) is 10.5 Å². The molecule has 0 bridgehead atoms. The predicted molar refractivity (Wildman–Crippen MR) is 110 cm³/mol. The van der Waals surface area contributed by atoms with Gasteiger partial charge in [0.15, 0.2) is 0 Å². The fourth-order valence-corrected chi connectivity index (χ4v) is 4.00. The van der Waals surface area contributed by atoms with Crippen LogP contribution in [0.5, 0.6) is 0 Å². The molecule has 0 heterocycles. The van der Waals surface area contributed by atoms with E-state index in [4.69, 9.17) is 0 Å². The maximum atomic E-state index is 12.9. The normalized spacial score (nSPS) is 22.8. The molecule has 144 valence electrons. The summed E-state index contributed by atoms with van der Waals surface area (Å²) in [5.74, 6) is 1.63. The van der Waals surface area contributed by atoms with E-state index in [-0.39, 0.29) is 6.03 Å². The Labute approximate surface area is 159 Å². The van der Waals surface area contributed by atoms with E-state index >= 15 is 0 Å². The summed E-state index contributed by atoms with van der Waals surface area (Å²) >= 11 is 0. The minimum atomic E-state index is 0.0145. The highest BCUT2D eigenvalue weighted by Gasteiger charge is 2.30. The largest absolute Gasteiger partial charge is 0.324 e. The number of nitrogens with one attached hydrogen (secondary N) is 1. The van der Waals surface area contributed by atoms with E-state index < -0.39 is 0 Å². The van der Waals surface area contributed by atoms with Gasteiger partial charge in [-0.1, -0.05) is 43.7 Å². The SMILES string of the molecule is CC1=C[C@H](C)[C@@H](CN(CCCN(C)C)C(=O)Nc2ccccc2)[C@H](C)C1. The first kappa shape index (κ1) is 20.5. The fraction of sp³-hybridized carbons (Fsp3) is 0.591. The molecule has 0 radical (unpaired) electrons. The van der Waals surface area contributed by atoms with Crippen LogP contribution < -0.4 is 5.32 Å². The molecule has 4 nitrogen and oxygen atoms in total. The number of nitrogens with zero attached hydrogens (tertiary/aromatic N) is 2. The molecule has 3 atom stereocenters. The molecule has 1 aliphatic carbocycles. The van der Waals surface area contributed by atoms with Crippen LogP contribution in [0, 0.1) is 17.8 Å². The third-order valence-corrected chi connectivity index (χ3v) is 5.37. The van der Waals surface area contributed by atoms with E-state index in [9.17, 15) is 4.79 Å². The van der Waals surface area contributed by atoms with Crippen molar-refractivity contribution in [1.82, 2.24) is 9.80 Å². The van der Waals surface area contributed by atoms with E-state index in [0.29, 0.717) is 17.8 Å². The maximum Gasteiger partial charge on any atom is 0.321 e. The fourth-order valence-electron chi connectivity index (χ4n) is 4.00. The quantitative estimate of drug-likeness (QED) is 0.717. The third kappa shape index (κ3) is 6.17. The van der Waals surface area contributed by atoms with Gasteiger partial charge in [0.05, 0.1) is 0 Å². The van der Waals surface area contributed by atoms with E-state index in [0.717, 1.165) is 38.2 Å². The van der Waals surface area contributed by atoms with Gasteiger partial charge >= 0.3 is 6.03 Å². The number of rotatable bonds is 7. The molecule has 1 aromatic carbocycles. The monoisotopic (exact) mass is 357 g/mol. The number of anilines is 1. The Kier molecular flexibility index (Phi) is 7.70. The molecule has 2 rings (SSSR count). The van der Waals surface area contributed by atoms with Gasteiger partial charge in [-0.2, -0.15) is 0 Å². The Morgan fingerprint density at radius 1 is 1.15 bits per heavy atom. The topological polar surface area (TPSA) is 35.6 Å². The van der Waals surface area contributed by atoms with Crippen molar-refractivity contribution in [1.29, 1.82) is 0 Å². The summed E-state index contributed by atoms with van der Waals surface area (Å²) in [6.45, 7) is 9.43. The molecule has 0 saturated heterocycles. The van der Waals surface area contributed by atoms with Crippen molar-refractivity contribution in [3.05, 3.63) is 42.0 Å². The number of allylic oxidation sites excluding steroid dienone is 2. The van der Waals surface area contributed by atoms with Gasteiger partial charge in [0, 0.05) is 18.8 Å². The lowest BCUT2D eigenvalue weighted by atomic mass is 9.75. The molecule has 26 heavy (non-hydrogen) atoms. The summed E-state index contributed by atoms with van der Waals surface area (Å²) in [5.41, 5.74) is 2.34. The van der Waals surface area contributed by atoms with Gasteiger partial charge < -0.3 is 15.1 Å². The number of para-hydroxylation sites is 1. The van der Waals surface area contributed by atoms with Crippen LogP contribution in [0.15, 0.2) is 42.0 Å².